The second kappa shape index (κ2) is 7.29. The second-order valence-corrected chi connectivity index (χ2v) is 5.72. The normalized spacial score (nSPS) is 15.8. The number of carbonyl (C=O) groups is 1. The summed E-state index contributed by atoms with van der Waals surface area (Å²) in [6, 6.07) is 8.57. The lowest BCUT2D eigenvalue weighted by Gasteiger charge is -2.27. The number of aryl methyl sites for hydroxylation is 1. The van der Waals surface area contributed by atoms with E-state index in [-0.39, 0.29) is 5.91 Å². The largest absolute Gasteiger partial charge is 0.399 e. The first kappa shape index (κ1) is 14.9. The molecule has 4 heteroatoms. The molecule has 0 aliphatic heterocycles. The predicted octanol–water partition coefficient (Wildman–Crippen LogP) is 1.93. The Hall–Kier alpha value is -1.55. The van der Waals surface area contributed by atoms with Crippen molar-refractivity contribution in [3.05, 3.63) is 29.8 Å². The first-order chi connectivity index (χ1) is 9.65. The molecule has 0 spiro atoms. The van der Waals surface area contributed by atoms with Crippen molar-refractivity contribution in [1.29, 1.82) is 0 Å². The number of hydrogen-bond acceptors (Lipinski definition) is 3. The van der Waals surface area contributed by atoms with Gasteiger partial charge in [-0.3, -0.25) is 9.69 Å². The van der Waals surface area contributed by atoms with Gasteiger partial charge in [-0.1, -0.05) is 25.0 Å². The Morgan fingerprint density at radius 2 is 1.85 bits per heavy atom. The van der Waals surface area contributed by atoms with Crippen LogP contribution in [0.2, 0.25) is 0 Å². The van der Waals surface area contributed by atoms with Gasteiger partial charge in [-0.2, -0.15) is 0 Å². The number of nitrogen functional groups attached to an aromatic ring is 1. The molecule has 0 unspecified atom stereocenters. The fourth-order valence-electron chi connectivity index (χ4n) is 3.03. The van der Waals surface area contributed by atoms with Gasteiger partial charge in [-0.25, -0.2) is 0 Å². The first-order valence-electron chi connectivity index (χ1n) is 7.52. The molecule has 1 saturated carbocycles. The molecular formula is C16H25N3O. The van der Waals surface area contributed by atoms with Gasteiger partial charge in [0.2, 0.25) is 5.91 Å². The summed E-state index contributed by atoms with van der Waals surface area (Å²) in [6.07, 6.45) is 7.02. The highest BCUT2D eigenvalue weighted by Gasteiger charge is 2.23. The lowest BCUT2D eigenvalue weighted by molar-refractivity contribution is -0.119. The van der Waals surface area contributed by atoms with E-state index in [0.717, 1.165) is 25.1 Å². The van der Waals surface area contributed by atoms with Crippen molar-refractivity contribution in [3.8, 4) is 0 Å². The second-order valence-electron chi connectivity index (χ2n) is 5.72. The molecule has 1 aromatic carbocycles. The van der Waals surface area contributed by atoms with E-state index in [1.807, 2.05) is 12.1 Å². The maximum Gasteiger partial charge on any atom is 0.231 e. The van der Waals surface area contributed by atoms with Crippen LogP contribution in [0.1, 0.15) is 37.7 Å². The van der Waals surface area contributed by atoms with Crippen LogP contribution in [-0.2, 0) is 11.2 Å². The van der Waals surface area contributed by atoms with Gasteiger partial charge in [0, 0.05) is 11.7 Å². The number of rotatable bonds is 7. The number of primary amides is 1. The van der Waals surface area contributed by atoms with E-state index in [4.69, 9.17) is 11.5 Å². The summed E-state index contributed by atoms with van der Waals surface area (Å²) in [5, 5.41) is 0. The lowest BCUT2D eigenvalue weighted by atomic mass is 10.1. The zero-order valence-corrected chi connectivity index (χ0v) is 12.1. The third kappa shape index (κ3) is 4.53. The minimum atomic E-state index is -0.218. The quantitative estimate of drug-likeness (QED) is 0.747. The van der Waals surface area contributed by atoms with Gasteiger partial charge in [0.05, 0.1) is 6.54 Å². The van der Waals surface area contributed by atoms with Gasteiger partial charge in [-0.15, -0.1) is 0 Å². The number of carbonyl (C=O) groups excluding carboxylic acids is 1. The number of amides is 1. The minimum Gasteiger partial charge on any atom is -0.399 e. The fourth-order valence-corrected chi connectivity index (χ4v) is 3.03. The first-order valence-corrected chi connectivity index (χ1v) is 7.52. The summed E-state index contributed by atoms with van der Waals surface area (Å²) in [5.41, 5.74) is 13.1. The third-order valence-corrected chi connectivity index (χ3v) is 4.09. The van der Waals surface area contributed by atoms with Gasteiger partial charge < -0.3 is 11.5 Å². The topological polar surface area (TPSA) is 72.4 Å². The zero-order chi connectivity index (χ0) is 14.4. The molecule has 1 amide bonds. The van der Waals surface area contributed by atoms with Crippen LogP contribution in [0.5, 0.6) is 0 Å². The Morgan fingerprint density at radius 3 is 2.45 bits per heavy atom. The smallest absolute Gasteiger partial charge is 0.231 e. The van der Waals surface area contributed by atoms with Crippen LogP contribution in [0.15, 0.2) is 24.3 Å². The Labute approximate surface area is 121 Å². The highest BCUT2D eigenvalue weighted by molar-refractivity contribution is 5.75. The molecule has 110 valence electrons. The molecule has 1 fully saturated rings. The number of nitrogens with two attached hydrogens (primary N) is 2. The predicted molar refractivity (Wildman–Crippen MR) is 82.2 cm³/mol. The molecule has 1 aromatic rings. The monoisotopic (exact) mass is 275 g/mol. The van der Waals surface area contributed by atoms with Crippen molar-refractivity contribution in [2.45, 2.75) is 44.6 Å². The molecule has 20 heavy (non-hydrogen) atoms. The number of hydrogen-bond donors (Lipinski definition) is 2. The molecule has 4 N–H and O–H groups in total. The molecule has 1 aliphatic carbocycles. The Balaban J connectivity index is 1.81. The molecule has 0 atom stereocenters. The van der Waals surface area contributed by atoms with Crippen LogP contribution < -0.4 is 11.5 Å². The van der Waals surface area contributed by atoms with Crippen molar-refractivity contribution < 1.29 is 4.79 Å². The van der Waals surface area contributed by atoms with E-state index < -0.39 is 0 Å². The Bertz CT molecular complexity index is 424. The van der Waals surface area contributed by atoms with E-state index in [1.54, 1.807) is 0 Å². The molecule has 0 aromatic heterocycles. The highest BCUT2D eigenvalue weighted by atomic mass is 16.1. The van der Waals surface area contributed by atoms with Gasteiger partial charge in [0.1, 0.15) is 0 Å². The summed E-state index contributed by atoms with van der Waals surface area (Å²) in [4.78, 5) is 13.5. The molecule has 0 saturated heterocycles. The van der Waals surface area contributed by atoms with Crippen molar-refractivity contribution >= 4 is 11.6 Å². The molecule has 0 heterocycles. The molecule has 2 rings (SSSR count). The van der Waals surface area contributed by atoms with Crippen LogP contribution in [0, 0.1) is 0 Å². The van der Waals surface area contributed by atoms with Crippen LogP contribution in [-0.4, -0.2) is 29.9 Å². The summed E-state index contributed by atoms with van der Waals surface area (Å²) in [7, 11) is 0. The maximum absolute atomic E-state index is 11.2. The van der Waals surface area contributed by atoms with Crippen molar-refractivity contribution in [2.24, 2.45) is 5.73 Å². The van der Waals surface area contributed by atoms with Crippen molar-refractivity contribution in [2.75, 3.05) is 18.8 Å². The Morgan fingerprint density at radius 1 is 1.20 bits per heavy atom. The summed E-state index contributed by atoms with van der Waals surface area (Å²) in [5.74, 6) is -0.218. The highest BCUT2D eigenvalue weighted by Crippen LogP contribution is 2.23. The van der Waals surface area contributed by atoms with E-state index >= 15 is 0 Å². The van der Waals surface area contributed by atoms with Gasteiger partial charge in [-0.05, 0) is 49.9 Å². The fraction of sp³-hybridized carbons (Fsp3) is 0.562. The molecule has 0 radical (unpaired) electrons. The van der Waals surface area contributed by atoms with Crippen LogP contribution in [0.4, 0.5) is 5.69 Å². The SMILES string of the molecule is NC(=O)CN(CCCc1ccc(N)cc1)C1CCCC1. The van der Waals surface area contributed by atoms with Crippen LogP contribution >= 0.6 is 0 Å². The van der Waals surface area contributed by atoms with Crippen LogP contribution in [0.25, 0.3) is 0 Å². The maximum atomic E-state index is 11.2. The number of benzene rings is 1. The van der Waals surface area contributed by atoms with Gasteiger partial charge >= 0.3 is 0 Å². The molecule has 4 nitrogen and oxygen atoms in total. The number of nitrogens with zero attached hydrogens (tertiary/aromatic N) is 1. The van der Waals surface area contributed by atoms with Crippen molar-refractivity contribution in [1.82, 2.24) is 4.90 Å². The lowest BCUT2D eigenvalue weighted by Crippen LogP contribution is -2.40. The van der Waals surface area contributed by atoms with Crippen LogP contribution in [0.3, 0.4) is 0 Å². The summed E-state index contributed by atoms with van der Waals surface area (Å²) in [6.45, 7) is 1.34. The molecular weight excluding hydrogens is 250 g/mol. The standard InChI is InChI=1S/C16H25N3O/c17-14-9-7-13(8-10-14)4-3-11-19(12-16(18)20)15-5-1-2-6-15/h7-10,15H,1-6,11-12,17H2,(H2,18,20). The van der Waals surface area contributed by atoms with Crippen molar-refractivity contribution in [3.63, 3.8) is 0 Å². The van der Waals surface area contributed by atoms with E-state index in [0.29, 0.717) is 12.6 Å². The third-order valence-electron chi connectivity index (χ3n) is 4.09. The molecule has 0 bridgehead atoms. The number of anilines is 1. The average molecular weight is 275 g/mol. The van der Waals surface area contributed by atoms with Gasteiger partial charge in [0.15, 0.2) is 0 Å². The Kier molecular flexibility index (Phi) is 5.41. The average Bonchev–Trinajstić information content (AvgIpc) is 2.93. The van der Waals surface area contributed by atoms with E-state index in [1.165, 1.54) is 31.2 Å². The summed E-state index contributed by atoms with van der Waals surface area (Å²) >= 11 is 0. The zero-order valence-electron chi connectivity index (χ0n) is 12.1. The van der Waals surface area contributed by atoms with E-state index in [9.17, 15) is 4.79 Å². The van der Waals surface area contributed by atoms with Gasteiger partial charge in [0.25, 0.3) is 0 Å². The van der Waals surface area contributed by atoms with E-state index in [2.05, 4.69) is 17.0 Å². The summed E-state index contributed by atoms with van der Waals surface area (Å²) < 4.78 is 0. The molecule has 1 aliphatic rings. The minimum absolute atomic E-state index is 0.218.